The Balaban J connectivity index is 0.00000208. The number of rotatable bonds is 4. The highest BCUT2D eigenvalue weighted by molar-refractivity contribution is 5.85. The maximum Gasteiger partial charge on any atom is 0.228 e. The molecule has 0 aliphatic carbocycles. The molecule has 2 N–H and O–H groups in total. The molecule has 5 heteroatoms. The number of hydrogen-bond acceptors (Lipinski definition) is 3. The standard InChI is InChI=1S/C19H23N3O.ClH/c20-17-6-7-18(21-14-17)13-19(23)22-10-8-16(9-11-22)12-15-4-2-1-3-5-15;/h1-7,14,16H,8-13,20H2;1H. The van der Waals surface area contributed by atoms with E-state index in [0.717, 1.165) is 38.0 Å². The first-order chi connectivity index (χ1) is 11.2. The molecule has 0 bridgehead atoms. The molecule has 0 unspecified atom stereocenters. The number of carbonyl (C=O) groups excluding carboxylic acids is 1. The number of nitrogen functional groups attached to an aromatic ring is 1. The normalized spacial score (nSPS) is 14.9. The van der Waals surface area contributed by atoms with Gasteiger partial charge in [0.15, 0.2) is 0 Å². The zero-order chi connectivity index (χ0) is 16.1. The smallest absolute Gasteiger partial charge is 0.228 e. The first-order valence-corrected chi connectivity index (χ1v) is 8.23. The van der Waals surface area contributed by atoms with Gasteiger partial charge in [-0.05, 0) is 42.9 Å². The Morgan fingerprint density at radius 3 is 2.46 bits per heavy atom. The zero-order valence-electron chi connectivity index (χ0n) is 13.7. The second-order valence-corrected chi connectivity index (χ2v) is 6.27. The van der Waals surface area contributed by atoms with E-state index in [9.17, 15) is 4.79 Å². The maximum absolute atomic E-state index is 12.4. The molecular formula is C19H24ClN3O. The van der Waals surface area contributed by atoms with Crippen molar-refractivity contribution in [1.82, 2.24) is 9.88 Å². The Labute approximate surface area is 149 Å². The first-order valence-electron chi connectivity index (χ1n) is 8.23. The molecule has 1 aromatic carbocycles. The molecule has 0 atom stereocenters. The molecule has 0 radical (unpaired) electrons. The third-order valence-corrected chi connectivity index (χ3v) is 4.51. The summed E-state index contributed by atoms with van der Waals surface area (Å²) in [6, 6.07) is 14.2. The van der Waals surface area contributed by atoms with Gasteiger partial charge in [-0.15, -0.1) is 12.4 Å². The molecule has 3 rings (SSSR count). The second-order valence-electron chi connectivity index (χ2n) is 6.27. The SMILES string of the molecule is Cl.Nc1ccc(CC(=O)N2CCC(Cc3ccccc3)CC2)nc1. The quantitative estimate of drug-likeness (QED) is 0.926. The lowest BCUT2D eigenvalue weighted by Gasteiger charge is -2.32. The van der Waals surface area contributed by atoms with E-state index in [1.54, 1.807) is 12.3 Å². The molecule has 0 spiro atoms. The molecule has 0 saturated carbocycles. The van der Waals surface area contributed by atoms with Gasteiger partial charge in [0.05, 0.1) is 18.3 Å². The van der Waals surface area contributed by atoms with Crippen molar-refractivity contribution in [2.75, 3.05) is 18.8 Å². The highest BCUT2D eigenvalue weighted by atomic mass is 35.5. The van der Waals surface area contributed by atoms with Crippen molar-refractivity contribution in [3.63, 3.8) is 0 Å². The number of anilines is 1. The van der Waals surface area contributed by atoms with Crippen LogP contribution in [0.4, 0.5) is 5.69 Å². The van der Waals surface area contributed by atoms with Crippen LogP contribution in [0.3, 0.4) is 0 Å². The minimum atomic E-state index is 0. The number of piperidine rings is 1. The Bertz CT molecular complexity index is 637. The summed E-state index contributed by atoms with van der Waals surface area (Å²) in [4.78, 5) is 18.6. The maximum atomic E-state index is 12.4. The lowest BCUT2D eigenvalue weighted by molar-refractivity contribution is -0.131. The number of halogens is 1. The molecule has 24 heavy (non-hydrogen) atoms. The number of likely N-dealkylation sites (tertiary alicyclic amines) is 1. The van der Waals surface area contributed by atoms with Crippen molar-refractivity contribution in [1.29, 1.82) is 0 Å². The van der Waals surface area contributed by atoms with Gasteiger partial charge in [0.2, 0.25) is 5.91 Å². The van der Waals surface area contributed by atoms with Gasteiger partial charge in [-0.25, -0.2) is 0 Å². The summed E-state index contributed by atoms with van der Waals surface area (Å²) in [6.45, 7) is 1.70. The monoisotopic (exact) mass is 345 g/mol. The van der Waals surface area contributed by atoms with Crippen molar-refractivity contribution in [3.05, 3.63) is 59.9 Å². The van der Waals surface area contributed by atoms with Gasteiger partial charge in [-0.1, -0.05) is 30.3 Å². The number of nitrogens with zero attached hydrogens (tertiary/aromatic N) is 2. The summed E-state index contributed by atoms with van der Waals surface area (Å²) in [6.07, 6.45) is 5.24. The van der Waals surface area contributed by atoms with Gasteiger partial charge < -0.3 is 10.6 Å². The molecule has 1 aliphatic rings. The molecule has 1 fully saturated rings. The van der Waals surface area contributed by atoms with Gasteiger partial charge in [-0.2, -0.15) is 0 Å². The Morgan fingerprint density at radius 1 is 1.12 bits per heavy atom. The van der Waals surface area contributed by atoms with Crippen molar-refractivity contribution in [2.45, 2.75) is 25.7 Å². The topological polar surface area (TPSA) is 59.2 Å². The molecule has 1 amide bonds. The van der Waals surface area contributed by atoms with Gasteiger partial charge in [0.1, 0.15) is 0 Å². The highest BCUT2D eigenvalue weighted by Gasteiger charge is 2.23. The fourth-order valence-electron chi connectivity index (χ4n) is 3.14. The van der Waals surface area contributed by atoms with Crippen molar-refractivity contribution in [3.8, 4) is 0 Å². The summed E-state index contributed by atoms with van der Waals surface area (Å²) in [7, 11) is 0. The number of pyridine rings is 1. The van der Waals surface area contributed by atoms with E-state index in [2.05, 4.69) is 35.3 Å². The molecule has 1 aromatic heterocycles. The van der Waals surface area contributed by atoms with Gasteiger partial charge >= 0.3 is 0 Å². The van der Waals surface area contributed by atoms with Crippen molar-refractivity contribution in [2.24, 2.45) is 5.92 Å². The second kappa shape index (κ2) is 8.69. The van der Waals surface area contributed by atoms with E-state index >= 15 is 0 Å². The van der Waals surface area contributed by atoms with E-state index in [4.69, 9.17) is 5.73 Å². The average Bonchev–Trinajstić information content (AvgIpc) is 2.58. The minimum Gasteiger partial charge on any atom is -0.397 e. The van der Waals surface area contributed by atoms with E-state index in [1.807, 2.05) is 11.0 Å². The predicted molar refractivity (Wildman–Crippen MR) is 99.1 cm³/mol. The van der Waals surface area contributed by atoms with Gasteiger partial charge in [0, 0.05) is 18.8 Å². The molecule has 2 heterocycles. The predicted octanol–water partition coefficient (Wildman–Crippen LogP) is 3.11. The summed E-state index contributed by atoms with van der Waals surface area (Å²) in [5.41, 5.74) is 8.43. The Hall–Kier alpha value is -2.07. The van der Waals surface area contributed by atoms with Crippen LogP contribution in [0.15, 0.2) is 48.7 Å². The van der Waals surface area contributed by atoms with E-state index < -0.39 is 0 Å². The Morgan fingerprint density at radius 2 is 1.83 bits per heavy atom. The van der Waals surface area contributed by atoms with Crippen LogP contribution in [0, 0.1) is 5.92 Å². The summed E-state index contributed by atoms with van der Waals surface area (Å²) < 4.78 is 0. The van der Waals surface area contributed by atoms with E-state index in [1.165, 1.54) is 5.56 Å². The fraction of sp³-hybridized carbons (Fsp3) is 0.368. The summed E-state index contributed by atoms with van der Waals surface area (Å²) in [5.74, 6) is 0.844. The fourth-order valence-corrected chi connectivity index (χ4v) is 3.14. The molecular weight excluding hydrogens is 322 g/mol. The number of benzene rings is 1. The lowest BCUT2D eigenvalue weighted by atomic mass is 9.90. The number of nitrogens with two attached hydrogens (primary N) is 1. The third kappa shape index (κ3) is 4.96. The third-order valence-electron chi connectivity index (χ3n) is 4.51. The van der Waals surface area contributed by atoms with Crippen LogP contribution in [-0.2, 0) is 17.6 Å². The van der Waals surface area contributed by atoms with Crippen molar-refractivity contribution < 1.29 is 4.79 Å². The molecule has 1 aliphatic heterocycles. The van der Waals surface area contributed by atoms with Crippen LogP contribution in [-0.4, -0.2) is 28.9 Å². The highest BCUT2D eigenvalue weighted by Crippen LogP contribution is 2.22. The van der Waals surface area contributed by atoms with Gasteiger partial charge in [-0.3, -0.25) is 9.78 Å². The molecule has 2 aromatic rings. The number of hydrogen-bond donors (Lipinski definition) is 1. The van der Waals surface area contributed by atoms with Crippen molar-refractivity contribution >= 4 is 24.0 Å². The van der Waals surface area contributed by atoms with Crippen LogP contribution in [0.1, 0.15) is 24.1 Å². The summed E-state index contributed by atoms with van der Waals surface area (Å²) in [5, 5.41) is 0. The Kier molecular flexibility index (Phi) is 6.62. The number of carbonyl (C=O) groups is 1. The van der Waals surface area contributed by atoms with Crippen LogP contribution in [0.2, 0.25) is 0 Å². The van der Waals surface area contributed by atoms with E-state index in [0.29, 0.717) is 18.0 Å². The largest absolute Gasteiger partial charge is 0.397 e. The minimum absolute atomic E-state index is 0. The molecule has 128 valence electrons. The van der Waals surface area contributed by atoms with Crippen LogP contribution in [0.5, 0.6) is 0 Å². The lowest BCUT2D eigenvalue weighted by Crippen LogP contribution is -2.39. The molecule has 4 nitrogen and oxygen atoms in total. The van der Waals surface area contributed by atoms with Crippen LogP contribution in [0.25, 0.3) is 0 Å². The average molecular weight is 346 g/mol. The van der Waals surface area contributed by atoms with E-state index in [-0.39, 0.29) is 18.3 Å². The molecule has 1 saturated heterocycles. The summed E-state index contributed by atoms with van der Waals surface area (Å²) >= 11 is 0. The van der Waals surface area contributed by atoms with Gasteiger partial charge in [0.25, 0.3) is 0 Å². The van der Waals surface area contributed by atoms with Crippen LogP contribution >= 0.6 is 12.4 Å². The first kappa shape index (κ1) is 18.3. The zero-order valence-corrected chi connectivity index (χ0v) is 14.5. The van der Waals surface area contributed by atoms with Crippen LogP contribution < -0.4 is 5.73 Å². The number of aromatic nitrogens is 1. The number of amides is 1.